The molecule has 1 atom stereocenters. The number of Topliss-reactive ketones (excluding diaryl/α,β-unsaturated/α-hetero) is 1. The van der Waals surface area contributed by atoms with E-state index in [4.69, 9.17) is 0 Å². The van der Waals surface area contributed by atoms with Gasteiger partial charge < -0.3 is 5.32 Å². The fourth-order valence-electron chi connectivity index (χ4n) is 3.23. The maximum Gasteiger partial charge on any atom is 0.226 e. The lowest BCUT2D eigenvalue weighted by atomic mass is 9.87. The lowest BCUT2D eigenvalue weighted by Gasteiger charge is -2.22. The van der Waals surface area contributed by atoms with Crippen molar-refractivity contribution >= 4 is 28.8 Å². The number of nitrogens with zero attached hydrogens (tertiary/aromatic N) is 2. The first-order chi connectivity index (χ1) is 12.0. The summed E-state index contributed by atoms with van der Waals surface area (Å²) in [5, 5.41) is 9.37. The second-order valence-electron chi connectivity index (χ2n) is 6.24. The van der Waals surface area contributed by atoms with Crippen molar-refractivity contribution in [1.29, 1.82) is 0 Å². The summed E-state index contributed by atoms with van der Waals surface area (Å²) in [6.07, 6.45) is 0.157. The summed E-state index contributed by atoms with van der Waals surface area (Å²) >= 11 is 1.40. The number of amides is 1. The van der Waals surface area contributed by atoms with Crippen molar-refractivity contribution in [3.8, 4) is 5.69 Å². The van der Waals surface area contributed by atoms with Crippen molar-refractivity contribution in [3.05, 3.63) is 63.5 Å². The van der Waals surface area contributed by atoms with Crippen molar-refractivity contribution in [2.24, 2.45) is 0 Å². The van der Waals surface area contributed by atoms with E-state index >= 15 is 0 Å². The van der Waals surface area contributed by atoms with Crippen molar-refractivity contribution in [2.75, 3.05) is 5.32 Å². The number of thiophene rings is 1. The molecule has 4 rings (SSSR count). The van der Waals surface area contributed by atoms with Gasteiger partial charge in [0.05, 0.1) is 22.2 Å². The quantitative estimate of drug-likeness (QED) is 0.729. The second-order valence-corrected chi connectivity index (χ2v) is 7.19. The minimum atomic E-state index is -0.485. The van der Waals surface area contributed by atoms with Gasteiger partial charge in [0.25, 0.3) is 0 Å². The molecule has 6 heteroatoms. The third kappa shape index (κ3) is 2.68. The molecule has 1 N–H and O–H groups in total. The highest BCUT2D eigenvalue weighted by Gasteiger charge is 2.36. The van der Waals surface area contributed by atoms with Gasteiger partial charge in [0.2, 0.25) is 5.91 Å². The molecule has 126 valence electrons. The molecule has 1 amide bonds. The van der Waals surface area contributed by atoms with E-state index < -0.39 is 5.92 Å². The Balaban J connectivity index is 1.83. The number of anilines is 1. The van der Waals surface area contributed by atoms with Gasteiger partial charge in [0.15, 0.2) is 5.78 Å². The van der Waals surface area contributed by atoms with E-state index in [2.05, 4.69) is 10.4 Å². The van der Waals surface area contributed by atoms with Gasteiger partial charge >= 0.3 is 0 Å². The van der Waals surface area contributed by atoms with E-state index in [0.717, 1.165) is 22.5 Å². The van der Waals surface area contributed by atoms with Gasteiger partial charge in [-0.2, -0.15) is 5.10 Å². The fraction of sp³-hybridized carbons (Fsp3) is 0.211. The first-order valence-electron chi connectivity index (χ1n) is 8.08. The number of carbonyl (C=O) groups excluding carboxylic acids is 2. The summed E-state index contributed by atoms with van der Waals surface area (Å²) in [4.78, 5) is 25.8. The number of aryl methyl sites for hydroxylation is 2. The maximum atomic E-state index is 12.9. The van der Waals surface area contributed by atoms with Gasteiger partial charge in [0, 0.05) is 12.0 Å². The van der Waals surface area contributed by atoms with Crippen LogP contribution in [0.4, 0.5) is 5.82 Å². The SMILES string of the molecule is Cc1ccc(-n2nc(C)c3c2NC(=O)CC3C(=O)c2cccs2)cc1. The lowest BCUT2D eigenvalue weighted by molar-refractivity contribution is -0.116. The molecule has 5 nitrogen and oxygen atoms in total. The molecular weight excluding hydrogens is 334 g/mol. The van der Waals surface area contributed by atoms with Crippen molar-refractivity contribution in [3.63, 3.8) is 0 Å². The van der Waals surface area contributed by atoms with Crippen LogP contribution in [0.25, 0.3) is 5.69 Å². The summed E-state index contributed by atoms with van der Waals surface area (Å²) in [6, 6.07) is 11.6. The molecule has 0 radical (unpaired) electrons. The number of hydrogen-bond donors (Lipinski definition) is 1. The molecule has 3 aromatic rings. The molecule has 0 bridgehead atoms. The molecule has 0 fully saturated rings. The average molecular weight is 351 g/mol. The van der Waals surface area contributed by atoms with E-state index in [1.54, 1.807) is 10.7 Å². The topological polar surface area (TPSA) is 64.0 Å². The Morgan fingerprint density at radius 3 is 2.68 bits per heavy atom. The summed E-state index contributed by atoms with van der Waals surface area (Å²) in [5.41, 5.74) is 3.60. The van der Waals surface area contributed by atoms with Gasteiger partial charge in [-0.25, -0.2) is 4.68 Å². The number of ketones is 1. The third-order valence-electron chi connectivity index (χ3n) is 4.46. The zero-order valence-electron chi connectivity index (χ0n) is 13.9. The van der Waals surface area contributed by atoms with Crippen LogP contribution in [0.5, 0.6) is 0 Å². The lowest BCUT2D eigenvalue weighted by Crippen LogP contribution is -2.28. The molecule has 0 aliphatic carbocycles. The van der Waals surface area contributed by atoms with Gasteiger partial charge in [-0.3, -0.25) is 9.59 Å². The molecule has 1 aliphatic heterocycles. The number of hydrogen-bond acceptors (Lipinski definition) is 4. The Labute approximate surface area is 149 Å². The summed E-state index contributed by atoms with van der Waals surface area (Å²) in [6.45, 7) is 3.90. The van der Waals surface area contributed by atoms with Crippen LogP contribution in [0, 0.1) is 13.8 Å². The highest BCUT2D eigenvalue weighted by Crippen LogP contribution is 2.38. The number of aromatic nitrogens is 2. The first-order valence-corrected chi connectivity index (χ1v) is 8.96. The van der Waals surface area contributed by atoms with E-state index in [-0.39, 0.29) is 18.1 Å². The van der Waals surface area contributed by atoms with Crippen LogP contribution in [0.3, 0.4) is 0 Å². The zero-order valence-corrected chi connectivity index (χ0v) is 14.8. The smallest absolute Gasteiger partial charge is 0.226 e. The first kappa shape index (κ1) is 15.8. The highest BCUT2D eigenvalue weighted by molar-refractivity contribution is 7.12. The zero-order chi connectivity index (χ0) is 17.6. The summed E-state index contributed by atoms with van der Waals surface area (Å²) in [5.74, 6) is -0.0533. The Morgan fingerprint density at radius 1 is 1.24 bits per heavy atom. The minimum Gasteiger partial charge on any atom is -0.310 e. The Morgan fingerprint density at radius 2 is 2.00 bits per heavy atom. The van der Waals surface area contributed by atoms with Gasteiger partial charge in [0.1, 0.15) is 5.82 Å². The van der Waals surface area contributed by atoms with Crippen LogP contribution in [0.1, 0.15) is 38.8 Å². The number of rotatable bonds is 3. The van der Waals surface area contributed by atoms with Crippen molar-refractivity contribution < 1.29 is 9.59 Å². The average Bonchev–Trinajstić information content (AvgIpc) is 3.23. The van der Waals surface area contributed by atoms with Crippen LogP contribution in [-0.2, 0) is 4.79 Å². The summed E-state index contributed by atoms with van der Waals surface area (Å²) < 4.78 is 1.72. The number of fused-ring (bicyclic) bond motifs is 1. The molecule has 0 saturated carbocycles. The van der Waals surface area contributed by atoms with Crippen LogP contribution >= 0.6 is 11.3 Å². The van der Waals surface area contributed by atoms with E-state index in [1.165, 1.54) is 11.3 Å². The van der Waals surface area contributed by atoms with Crippen LogP contribution in [0.15, 0.2) is 41.8 Å². The Hall–Kier alpha value is -2.73. The maximum absolute atomic E-state index is 12.9. The van der Waals surface area contributed by atoms with Crippen LogP contribution < -0.4 is 5.32 Å². The molecule has 1 aromatic carbocycles. The monoisotopic (exact) mass is 351 g/mol. The summed E-state index contributed by atoms with van der Waals surface area (Å²) in [7, 11) is 0. The Bertz CT molecular complexity index is 955. The van der Waals surface area contributed by atoms with Crippen molar-refractivity contribution in [1.82, 2.24) is 9.78 Å². The third-order valence-corrected chi connectivity index (χ3v) is 5.35. The highest BCUT2D eigenvalue weighted by atomic mass is 32.1. The largest absolute Gasteiger partial charge is 0.310 e. The minimum absolute atomic E-state index is 0.0161. The van der Waals surface area contributed by atoms with Gasteiger partial charge in [-0.15, -0.1) is 11.3 Å². The predicted molar refractivity (Wildman–Crippen MR) is 97.7 cm³/mol. The molecule has 3 heterocycles. The molecule has 0 saturated heterocycles. The van der Waals surface area contributed by atoms with E-state index in [1.807, 2.05) is 49.6 Å². The molecule has 1 aliphatic rings. The second kappa shape index (κ2) is 5.97. The Kier molecular flexibility index (Phi) is 3.77. The van der Waals surface area contributed by atoms with Gasteiger partial charge in [-0.05, 0) is 37.4 Å². The van der Waals surface area contributed by atoms with Crippen LogP contribution in [0.2, 0.25) is 0 Å². The molecule has 25 heavy (non-hydrogen) atoms. The fourth-order valence-corrected chi connectivity index (χ4v) is 3.95. The standard InChI is InChI=1S/C19H17N3O2S/c1-11-5-7-13(8-6-11)22-19-17(12(2)21-22)14(10-16(23)20-19)18(24)15-4-3-9-25-15/h3-9,14H,10H2,1-2H3,(H,20,23). The predicted octanol–water partition coefficient (Wildman–Crippen LogP) is 3.86. The molecule has 2 aromatic heterocycles. The molecule has 1 unspecified atom stereocenters. The van der Waals surface area contributed by atoms with E-state index in [9.17, 15) is 9.59 Å². The van der Waals surface area contributed by atoms with Crippen molar-refractivity contribution in [2.45, 2.75) is 26.2 Å². The number of carbonyl (C=O) groups is 2. The molecular formula is C19H17N3O2S. The van der Waals surface area contributed by atoms with E-state index in [0.29, 0.717) is 10.7 Å². The normalized spacial score (nSPS) is 16.4. The number of nitrogens with one attached hydrogen (secondary N) is 1. The van der Waals surface area contributed by atoms with Gasteiger partial charge in [-0.1, -0.05) is 23.8 Å². The molecule has 0 spiro atoms. The number of benzene rings is 1. The van der Waals surface area contributed by atoms with Crippen LogP contribution in [-0.4, -0.2) is 21.5 Å².